The lowest BCUT2D eigenvalue weighted by Crippen LogP contribution is -2.25. The van der Waals surface area contributed by atoms with Crippen LogP contribution in [0.15, 0.2) is 30.3 Å². The SMILES string of the molecule is O=C(OCCCNCCc1ccccc1)C1CCC1. The molecule has 19 heavy (non-hydrogen) atoms. The van der Waals surface area contributed by atoms with Gasteiger partial charge in [0.25, 0.3) is 0 Å². The molecule has 0 heterocycles. The third-order valence-corrected chi connectivity index (χ3v) is 3.61. The monoisotopic (exact) mass is 261 g/mol. The number of hydrogen-bond donors (Lipinski definition) is 1. The summed E-state index contributed by atoms with van der Waals surface area (Å²) in [5.41, 5.74) is 1.35. The standard InChI is InChI=1S/C16H23NO2/c18-16(15-8-4-9-15)19-13-5-11-17-12-10-14-6-2-1-3-7-14/h1-3,6-7,15,17H,4-5,8-13H2. The van der Waals surface area contributed by atoms with Gasteiger partial charge in [-0.25, -0.2) is 0 Å². The number of nitrogens with one attached hydrogen (secondary N) is 1. The maximum atomic E-state index is 11.5. The number of hydrogen-bond acceptors (Lipinski definition) is 3. The van der Waals surface area contributed by atoms with E-state index in [2.05, 4.69) is 29.6 Å². The molecule has 1 aromatic rings. The zero-order chi connectivity index (χ0) is 13.3. The van der Waals surface area contributed by atoms with Gasteiger partial charge in [0, 0.05) is 0 Å². The van der Waals surface area contributed by atoms with Crippen LogP contribution >= 0.6 is 0 Å². The van der Waals surface area contributed by atoms with Crippen LogP contribution in [0.2, 0.25) is 0 Å². The molecule has 0 unspecified atom stereocenters. The van der Waals surface area contributed by atoms with E-state index < -0.39 is 0 Å². The Balaban J connectivity index is 1.43. The highest BCUT2D eigenvalue weighted by Gasteiger charge is 2.26. The van der Waals surface area contributed by atoms with E-state index in [1.165, 1.54) is 12.0 Å². The minimum Gasteiger partial charge on any atom is -0.465 e. The molecule has 0 atom stereocenters. The van der Waals surface area contributed by atoms with Crippen LogP contribution in [0, 0.1) is 5.92 Å². The number of rotatable bonds is 8. The van der Waals surface area contributed by atoms with Crippen LogP contribution < -0.4 is 5.32 Å². The fraction of sp³-hybridized carbons (Fsp3) is 0.562. The molecule has 0 bridgehead atoms. The van der Waals surface area contributed by atoms with Gasteiger partial charge in [-0.15, -0.1) is 0 Å². The van der Waals surface area contributed by atoms with Gasteiger partial charge in [-0.05, 0) is 44.3 Å². The van der Waals surface area contributed by atoms with Gasteiger partial charge in [0.15, 0.2) is 0 Å². The molecule has 1 aromatic carbocycles. The van der Waals surface area contributed by atoms with Crippen LogP contribution in [0.1, 0.15) is 31.2 Å². The molecule has 104 valence electrons. The van der Waals surface area contributed by atoms with E-state index in [9.17, 15) is 4.79 Å². The summed E-state index contributed by atoms with van der Waals surface area (Å²) in [6.45, 7) is 2.43. The van der Waals surface area contributed by atoms with Gasteiger partial charge >= 0.3 is 5.97 Å². The number of benzene rings is 1. The first-order valence-corrected chi connectivity index (χ1v) is 7.27. The molecule has 0 radical (unpaired) electrons. The number of carbonyl (C=O) groups is 1. The largest absolute Gasteiger partial charge is 0.465 e. The average Bonchev–Trinajstić information content (AvgIpc) is 2.37. The van der Waals surface area contributed by atoms with E-state index in [0.717, 1.165) is 38.8 Å². The van der Waals surface area contributed by atoms with E-state index in [-0.39, 0.29) is 11.9 Å². The Hall–Kier alpha value is -1.35. The summed E-state index contributed by atoms with van der Waals surface area (Å²) >= 11 is 0. The maximum absolute atomic E-state index is 11.5. The van der Waals surface area contributed by atoms with Crippen LogP contribution in [-0.4, -0.2) is 25.7 Å². The number of carbonyl (C=O) groups excluding carboxylic acids is 1. The molecule has 1 fully saturated rings. The summed E-state index contributed by atoms with van der Waals surface area (Å²) in [5.74, 6) is 0.210. The fourth-order valence-corrected chi connectivity index (χ4v) is 2.13. The summed E-state index contributed by atoms with van der Waals surface area (Å²) in [4.78, 5) is 11.5. The summed E-state index contributed by atoms with van der Waals surface area (Å²) in [6.07, 6.45) is 5.17. The van der Waals surface area contributed by atoms with Gasteiger partial charge in [0.2, 0.25) is 0 Å². The minimum atomic E-state index is 0.00976. The summed E-state index contributed by atoms with van der Waals surface area (Å²) in [6, 6.07) is 10.4. The van der Waals surface area contributed by atoms with Crippen molar-refractivity contribution in [3.63, 3.8) is 0 Å². The van der Waals surface area contributed by atoms with Crippen LogP contribution in [0.25, 0.3) is 0 Å². The van der Waals surface area contributed by atoms with Crippen molar-refractivity contribution in [3.8, 4) is 0 Å². The van der Waals surface area contributed by atoms with Crippen molar-refractivity contribution < 1.29 is 9.53 Å². The van der Waals surface area contributed by atoms with Crippen LogP contribution in [0.5, 0.6) is 0 Å². The zero-order valence-electron chi connectivity index (χ0n) is 11.4. The van der Waals surface area contributed by atoms with Crippen LogP contribution in [-0.2, 0) is 16.0 Å². The van der Waals surface area contributed by atoms with E-state index in [1.807, 2.05) is 6.07 Å². The zero-order valence-corrected chi connectivity index (χ0v) is 11.4. The molecule has 0 saturated heterocycles. The Bertz CT molecular complexity index is 374. The molecule has 1 N–H and O–H groups in total. The topological polar surface area (TPSA) is 38.3 Å². The molecular weight excluding hydrogens is 238 g/mol. The molecule has 0 amide bonds. The van der Waals surface area contributed by atoms with Gasteiger partial charge in [-0.3, -0.25) is 4.79 Å². The normalized spacial score (nSPS) is 14.9. The van der Waals surface area contributed by atoms with Gasteiger partial charge in [0.05, 0.1) is 12.5 Å². The highest BCUT2D eigenvalue weighted by molar-refractivity contribution is 5.73. The van der Waals surface area contributed by atoms with Gasteiger partial charge in [-0.1, -0.05) is 36.8 Å². The molecule has 0 spiro atoms. The second-order valence-corrected chi connectivity index (χ2v) is 5.13. The summed E-state index contributed by atoms with van der Waals surface area (Å²) < 4.78 is 5.23. The molecule has 0 aromatic heterocycles. The van der Waals surface area contributed by atoms with E-state index in [1.54, 1.807) is 0 Å². The van der Waals surface area contributed by atoms with Gasteiger partial charge in [-0.2, -0.15) is 0 Å². The number of esters is 1. The molecule has 1 aliphatic rings. The lowest BCUT2D eigenvalue weighted by molar-refractivity contribution is -0.151. The summed E-state index contributed by atoms with van der Waals surface area (Å²) in [7, 11) is 0. The quantitative estimate of drug-likeness (QED) is 0.577. The van der Waals surface area contributed by atoms with Crippen molar-refractivity contribution in [2.45, 2.75) is 32.1 Å². The van der Waals surface area contributed by atoms with Crippen LogP contribution in [0.4, 0.5) is 0 Å². The molecule has 1 saturated carbocycles. The predicted molar refractivity (Wildman–Crippen MR) is 75.9 cm³/mol. The third kappa shape index (κ3) is 5.03. The molecule has 3 nitrogen and oxygen atoms in total. The highest BCUT2D eigenvalue weighted by Crippen LogP contribution is 2.27. The average molecular weight is 261 g/mol. The Morgan fingerprint density at radius 3 is 2.68 bits per heavy atom. The Kier molecular flexibility index (Phi) is 5.89. The first-order valence-electron chi connectivity index (χ1n) is 7.27. The predicted octanol–water partition coefficient (Wildman–Crippen LogP) is 2.55. The van der Waals surface area contributed by atoms with Crippen molar-refractivity contribution in [2.75, 3.05) is 19.7 Å². The van der Waals surface area contributed by atoms with Crippen molar-refractivity contribution in [3.05, 3.63) is 35.9 Å². The molecule has 0 aliphatic heterocycles. The van der Waals surface area contributed by atoms with Crippen LogP contribution in [0.3, 0.4) is 0 Å². The maximum Gasteiger partial charge on any atom is 0.308 e. The third-order valence-electron chi connectivity index (χ3n) is 3.61. The molecule has 1 aliphatic carbocycles. The number of ether oxygens (including phenoxy) is 1. The highest BCUT2D eigenvalue weighted by atomic mass is 16.5. The Morgan fingerprint density at radius 2 is 2.00 bits per heavy atom. The second-order valence-electron chi connectivity index (χ2n) is 5.13. The first kappa shape index (κ1) is 14.1. The lowest BCUT2D eigenvalue weighted by atomic mass is 9.86. The summed E-state index contributed by atoms with van der Waals surface area (Å²) in [5, 5.41) is 3.37. The van der Waals surface area contributed by atoms with Crippen molar-refractivity contribution in [1.29, 1.82) is 0 Å². The van der Waals surface area contributed by atoms with E-state index in [4.69, 9.17) is 4.74 Å². The molecular formula is C16H23NO2. The van der Waals surface area contributed by atoms with Gasteiger partial charge in [0.1, 0.15) is 0 Å². The van der Waals surface area contributed by atoms with E-state index in [0.29, 0.717) is 6.61 Å². The first-order chi connectivity index (χ1) is 9.36. The smallest absolute Gasteiger partial charge is 0.308 e. The minimum absolute atomic E-state index is 0.00976. The molecule has 2 rings (SSSR count). The van der Waals surface area contributed by atoms with Crippen molar-refractivity contribution in [1.82, 2.24) is 5.32 Å². The lowest BCUT2D eigenvalue weighted by Gasteiger charge is -2.23. The van der Waals surface area contributed by atoms with E-state index >= 15 is 0 Å². The Labute approximate surface area is 115 Å². The molecule has 3 heteroatoms. The second kappa shape index (κ2) is 7.95. The Morgan fingerprint density at radius 1 is 1.21 bits per heavy atom. The fourth-order valence-electron chi connectivity index (χ4n) is 2.13. The van der Waals surface area contributed by atoms with Crippen molar-refractivity contribution >= 4 is 5.97 Å². The van der Waals surface area contributed by atoms with Gasteiger partial charge < -0.3 is 10.1 Å². The van der Waals surface area contributed by atoms with Crippen molar-refractivity contribution in [2.24, 2.45) is 5.92 Å².